The van der Waals surface area contributed by atoms with Gasteiger partial charge in [-0.2, -0.15) is 23.4 Å². The minimum atomic E-state index is -4.70. The molecule has 34 heavy (non-hydrogen) atoms. The lowest BCUT2D eigenvalue weighted by atomic mass is 9.98. The van der Waals surface area contributed by atoms with Crippen molar-refractivity contribution >= 4 is 17.4 Å². The maximum absolute atomic E-state index is 13.5. The van der Waals surface area contributed by atoms with Crippen LogP contribution < -0.4 is 4.90 Å². The van der Waals surface area contributed by atoms with E-state index in [9.17, 15) is 18.0 Å². The molecule has 2 saturated heterocycles. The van der Waals surface area contributed by atoms with Crippen molar-refractivity contribution in [2.45, 2.75) is 51.7 Å². The third-order valence-electron chi connectivity index (χ3n) is 6.78. The second-order valence-corrected chi connectivity index (χ2v) is 9.53. The molecule has 11 heteroatoms. The lowest BCUT2D eigenvalue weighted by molar-refractivity contribution is -0.141. The molecule has 0 aromatic carbocycles. The highest BCUT2D eigenvalue weighted by Gasteiger charge is 2.41. The number of amides is 1. The second-order valence-electron chi connectivity index (χ2n) is 9.53. The van der Waals surface area contributed by atoms with E-state index in [0.717, 1.165) is 54.6 Å². The quantitative estimate of drug-likeness (QED) is 0.573. The van der Waals surface area contributed by atoms with Gasteiger partial charge in [-0.3, -0.25) is 9.48 Å². The Morgan fingerprint density at radius 2 is 1.91 bits per heavy atom. The van der Waals surface area contributed by atoms with E-state index in [0.29, 0.717) is 30.2 Å². The standard InChI is InChI=1S/C23H28F3N7O/c1-14-7-9-31(11-14)21-15(2)12-33-19(27-21)10-17(28-33)18-6-4-5-8-32(18)22(34)16-13-30(3)29-20(16)23(24,25)26/h10,12-14,18H,4-9,11H2,1-3H3/t14-,18-/m0/s1. The van der Waals surface area contributed by atoms with Gasteiger partial charge in [0, 0.05) is 50.7 Å². The number of anilines is 1. The van der Waals surface area contributed by atoms with Gasteiger partial charge < -0.3 is 9.80 Å². The average Bonchev–Trinajstić information content (AvgIpc) is 3.50. The number of aromatic nitrogens is 5. The summed E-state index contributed by atoms with van der Waals surface area (Å²) in [5.74, 6) is 0.886. The number of fused-ring (bicyclic) bond motifs is 1. The van der Waals surface area contributed by atoms with E-state index in [-0.39, 0.29) is 0 Å². The lowest BCUT2D eigenvalue weighted by Crippen LogP contribution is -2.39. The Labute approximate surface area is 195 Å². The molecule has 182 valence electrons. The largest absolute Gasteiger partial charge is 0.435 e. The predicted molar refractivity (Wildman–Crippen MR) is 120 cm³/mol. The minimum Gasteiger partial charge on any atom is -0.356 e. The molecule has 5 heterocycles. The van der Waals surface area contributed by atoms with Crippen LogP contribution in [-0.2, 0) is 13.2 Å². The van der Waals surface area contributed by atoms with Crippen molar-refractivity contribution in [2.75, 3.05) is 24.5 Å². The van der Waals surface area contributed by atoms with Crippen LogP contribution in [-0.4, -0.2) is 54.8 Å². The molecule has 8 nitrogen and oxygen atoms in total. The van der Waals surface area contributed by atoms with Gasteiger partial charge in [0.15, 0.2) is 11.3 Å². The number of aryl methyl sites for hydroxylation is 2. The van der Waals surface area contributed by atoms with Crippen LogP contribution in [0.1, 0.15) is 66.0 Å². The Bertz CT molecular complexity index is 1230. The molecule has 0 spiro atoms. The molecule has 0 bridgehead atoms. The van der Waals surface area contributed by atoms with E-state index in [1.54, 1.807) is 4.52 Å². The molecule has 2 atom stereocenters. The van der Waals surface area contributed by atoms with Gasteiger partial charge in [-0.25, -0.2) is 9.50 Å². The summed E-state index contributed by atoms with van der Waals surface area (Å²) in [4.78, 5) is 21.9. The highest BCUT2D eigenvalue weighted by Crippen LogP contribution is 2.36. The number of nitrogens with zero attached hydrogens (tertiary/aromatic N) is 7. The summed E-state index contributed by atoms with van der Waals surface area (Å²) in [5, 5.41) is 8.18. The van der Waals surface area contributed by atoms with Gasteiger partial charge in [0.1, 0.15) is 5.82 Å². The summed E-state index contributed by atoms with van der Waals surface area (Å²) in [6.07, 6.45) is 1.73. The second kappa shape index (κ2) is 8.28. The summed E-state index contributed by atoms with van der Waals surface area (Å²) < 4.78 is 43.2. The first kappa shape index (κ1) is 22.7. The lowest BCUT2D eigenvalue weighted by Gasteiger charge is -2.34. The molecule has 3 aromatic rings. The smallest absolute Gasteiger partial charge is 0.356 e. The van der Waals surface area contributed by atoms with E-state index in [4.69, 9.17) is 4.98 Å². The van der Waals surface area contributed by atoms with Gasteiger partial charge >= 0.3 is 6.18 Å². The Morgan fingerprint density at radius 1 is 1.12 bits per heavy atom. The van der Waals surface area contributed by atoms with Crippen molar-refractivity contribution < 1.29 is 18.0 Å². The summed E-state index contributed by atoms with van der Waals surface area (Å²) in [5.41, 5.74) is 0.749. The van der Waals surface area contributed by atoms with Crippen molar-refractivity contribution in [1.82, 2.24) is 29.3 Å². The van der Waals surface area contributed by atoms with Crippen LogP contribution in [0.2, 0.25) is 0 Å². The molecule has 1 amide bonds. The number of likely N-dealkylation sites (tertiary alicyclic amines) is 1. The average molecular weight is 476 g/mol. The fourth-order valence-electron chi connectivity index (χ4n) is 5.12. The number of alkyl halides is 3. The molecule has 2 fully saturated rings. The van der Waals surface area contributed by atoms with Crippen LogP contribution >= 0.6 is 0 Å². The normalized spacial score (nSPS) is 21.6. The Balaban J connectivity index is 1.48. The fourth-order valence-corrected chi connectivity index (χ4v) is 5.12. The number of piperidine rings is 1. The predicted octanol–water partition coefficient (Wildman–Crippen LogP) is 4.00. The van der Waals surface area contributed by atoms with E-state index >= 15 is 0 Å². The summed E-state index contributed by atoms with van der Waals surface area (Å²) in [6, 6.07) is 1.44. The number of hydrogen-bond acceptors (Lipinski definition) is 5. The number of halogens is 3. The highest BCUT2D eigenvalue weighted by molar-refractivity contribution is 5.95. The first-order chi connectivity index (χ1) is 16.1. The molecular weight excluding hydrogens is 447 g/mol. The highest BCUT2D eigenvalue weighted by atomic mass is 19.4. The van der Waals surface area contributed by atoms with E-state index in [1.165, 1.54) is 11.9 Å². The first-order valence-electron chi connectivity index (χ1n) is 11.7. The van der Waals surface area contributed by atoms with E-state index in [1.807, 2.05) is 19.2 Å². The third kappa shape index (κ3) is 4.01. The molecule has 3 aromatic heterocycles. The van der Waals surface area contributed by atoms with Crippen molar-refractivity contribution in [3.05, 3.63) is 41.0 Å². The Kier molecular flexibility index (Phi) is 5.52. The summed E-state index contributed by atoms with van der Waals surface area (Å²) in [6.45, 7) is 6.52. The molecule has 0 aliphatic carbocycles. The molecule has 0 N–H and O–H groups in total. The van der Waals surface area contributed by atoms with Crippen LogP contribution in [0.5, 0.6) is 0 Å². The van der Waals surface area contributed by atoms with Crippen LogP contribution in [0.4, 0.5) is 19.0 Å². The van der Waals surface area contributed by atoms with Crippen LogP contribution in [0.25, 0.3) is 5.65 Å². The Hall–Kier alpha value is -3.11. The Morgan fingerprint density at radius 3 is 2.62 bits per heavy atom. The summed E-state index contributed by atoms with van der Waals surface area (Å²) in [7, 11) is 1.38. The van der Waals surface area contributed by atoms with Gasteiger partial charge in [-0.15, -0.1) is 0 Å². The number of carbonyl (C=O) groups excluding carboxylic acids is 1. The molecular formula is C23H28F3N7O. The monoisotopic (exact) mass is 475 g/mol. The van der Waals surface area contributed by atoms with Crippen molar-refractivity contribution in [3.8, 4) is 0 Å². The zero-order chi connectivity index (χ0) is 24.2. The van der Waals surface area contributed by atoms with Crippen LogP contribution in [0.15, 0.2) is 18.5 Å². The van der Waals surface area contributed by atoms with Gasteiger partial charge in [0.25, 0.3) is 5.91 Å². The molecule has 0 radical (unpaired) electrons. The van der Waals surface area contributed by atoms with E-state index in [2.05, 4.69) is 22.0 Å². The fraction of sp³-hybridized carbons (Fsp3) is 0.565. The van der Waals surface area contributed by atoms with Gasteiger partial charge in [0.2, 0.25) is 0 Å². The zero-order valence-electron chi connectivity index (χ0n) is 19.5. The van der Waals surface area contributed by atoms with Gasteiger partial charge in [-0.1, -0.05) is 6.92 Å². The van der Waals surface area contributed by atoms with Gasteiger partial charge in [0.05, 0.1) is 17.3 Å². The van der Waals surface area contributed by atoms with Crippen molar-refractivity contribution in [3.63, 3.8) is 0 Å². The summed E-state index contributed by atoms with van der Waals surface area (Å²) >= 11 is 0. The third-order valence-corrected chi connectivity index (χ3v) is 6.78. The van der Waals surface area contributed by atoms with Crippen molar-refractivity contribution in [1.29, 1.82) is 0 Å². The van der Waals surface area contributed by atoms with Crippen molar-refractivity contribution in [2.24, 2.45) is 13.0 Å². The molecule has 0 unspecified atom stereocenters. The first-order valence-corrected chi connectivity index (χ1v) is 11.7. The molecule has 0 saturated carbocycles. The maximum atomic E-state index is 13.5. The number of rotatable bonds is 3. The SMILES string of the molecule is Cc1cn2nc([C@@H]3CCCCN3C(=O)c3cn(C)nc3C(F)(F)F)cc2nc1N1CC[C@H](C)C1. The molecule has 2 aliphatic rings. The molecule has 2 aliphatic heterocycles. The number of carbonyl (C=O) groups is 1. The topological polar surface area (TPSA) is 71.6 Å². The number of hydrogen-bond donors (Lipinski definition) is 0. The van der Waals surface area contributed by atoms with E-state index < -0.39 is 29.4 Å². The van der Waals surface area contributed by atoms with Crippen LogP contribution in [0, 0.1) is 12.8 Å². The van der Waals surface area contributed by atoms with Gasteiger partial charge in [-0.05, 0) is 38.5 Å². The minimum absolute atomic E-state index is 0.368. The maximum Gasteiger partial charge on any atom is 0.435 e. The molecule has 5 rings (SSSR count). The zero-order valence-corrected chi connectivity index (χ0v) is 19.5. The van der Waals surface area contributed by atoms with Crippen LogP contribution in [0.3, 0.4) is 0 Å².